The number of aliphatic carboxylic acids is 2. The topological polar surface area (TPSA) is 74.6 Å². The van der Waals surface area contributed by atoms with Crippen molar-refractivity contribution in [3.8, 4) is 0 Å². The molecule has 0 rings (SSSR count). The molecule has 0 heterocycles. The summed E-state index contributed by atoms with van der Waals surface area (Å²) >= 11 is 0. The van der Waals surface area contributed by atoms with Crippen LogP contribution >= 0.6 is 0 Å². The second kappa shape index (κ2) is 16.8. The van der Waals surface area contributed by atoms with Crippen LogP contribution in [-0.4, -0.2) is 41.2 Å². The first-order chi connectivity index (χ1) is 5.47. The van der Waals surface area contributed by atoms with Crippen molar-refractivity contribution in [3.63, 3.8) is 0 Å². The summed E-state index contributed by atoms with van der Waals surface area (Å²) in [5.41, 5.74) is 0. The van der Waals surface area contributed by atoms with Gasteiger partial charge < -0.3 is 10.2 Å². The number of carboxylic acids is 2. The molecule has 0 atom stereocenters. The zero-order chi connectivity index (χ0) is 10.6. The van der Waals surface area contributed by atoms with E-state index < -0.39 is 11.9 Å². The van der Waals surface area contributed by atoms with E-state index in [9.17, 15) is 0 Å². The lowest BCUT2D eigenvalue weighted by Gasteiger charge is -1.72. The van der Waals surface area contributed by atoms with Crippen molar-refractivity contribution in [2.24, 2.45) is 0 Å². The zero-order valence-electron chi connectivity index (χ0n) is 8.13. The number of carboxylic acid groups (broad SMARTS) is 2. The lowest BCUT2D eigenvalue weighted by molar-refractivity contribution is -0.159. The first-order valence-electron chi connectivity index (χ1n) is 3.93. The van der Waals surface area contributed by atoms with Crippen LogP contribution in [0.4, 0.5) is 0 Å². The van der Waals surface area contributed by atoms with Crippen LogP contribution in [0.1, 0.15) is 0 Å². The fraction of sp³-hybridized carbons (Fsp3) is 0.667. The van der Waals surface area contributed by atoms with Crippen LogP contribution in [0.25, 0.3) is 0 Å². The minimum absolute atomic E-state index is 0.417. The fourth-order valence-corrected chi connectivity index (χ4v) is 0. The van der Waals surface area contributed by atoms with Crippen LogP contribution < -0.4 is 0 Å². The van der Waals surface area contributed by atoms with Crippen LogP contribution in [0.5, 0.6) is 0 Å². The molecule has 74 valence electrons. The van der Waals surface area contributed by atoms with Gasteiger partial charge in [0.15, 0.2) is 0 Å². The Kier molecular flexibility index (Phi) is 24.4. The van der Waals surface area contributed by atoms with Gasteiger partial charge in [0.2, 0.25) is 0 Å². The summed E-state index contributed by atoms with van der Waals surface area (Å²) in [7, 11) is 0.833. The van der Waals surface area contributed by atoms with Gasteiger partial charge in [-0.15, -0.1) is 0 Å². The van der Waals surface area contributed by atoms with E-state index >= 15 is 0 Å². The predicted octanol–water partition coefficient (Wildman–Crippen LogP) is -0.342. The van der Waals surface area contributed by atoms with Crippen LogP contribution in [0.2, 0.25) is 26.2 Å². The van der Waals surface area contributed by atoms with E-state index in [4.69, 9.17) is 19.8 Å². The highest BCUT2D eigenvalue weighted by Gasteiger charge is 2.04. The summed E-state index contributed by atoms with van der Waals surface area (Å²) in [5, 5.41) is 14.8. The highest BCUT2D eigenvalue weighted by molar-refractivity contribution is 6.31. The molecule has 0 spiro atoms. The van der Waals surface area contributed by atoms with Gasteiger partial charge in [-0.1, -0.05) is 26.2 Å². The number of hydrogen-bond acceptors (Lipinski definition) is 2. The van der Waals surface area contributed by atoms with E-state index in [1.807, 2.05) is 0 Å². The summed E-state index contributed by atoms with van der Waals surface area (Å²) in [4.78, 5) is 18.2. The second-order valence-corrected chi connectivity index (χ2v) is 4.85. The van der Waals surface area contributed by atoms with E-state index in [0.717, 1.165) is 0 Å². The number of rotatable bonds is 0. The minimum atomic E-state index is -1.82. The van der Waals surface area contributed by atoms with Crippen LogP contribution in [-0.2, 0) is 9.59 Å². The van der Waals surface area contributed by atoms with Gasteiger partial charge in [0, 0.05) is 19.0 Å². The van der Waals surface area contributed by atoms with Gasteiger partial charge in [-0.05, 0) is 0 Å². The monoisotopic (exact) mass is 210 g/mol. The van der Waals surface area contributed by atoms with Crippen LogP contribution in [0.3, 0.4) is 0 Å². The van der Waals surface area contributed by atoms with Crippen LogP contribution in [0.15, 0.2) is 0 Å². The standard InChI is InChI=1S/C2H2O4.2C2H8Si/c3-1(4)2(5)6;2*1-3-2/h(H,3,4)(H,5,6);2*3H2,1-2H3. The summed E-state index contributed by atoms with van der Waals surface area (Å²) in [6.45, 7) is 9.06. The third-order valence-electron chi connectivity index (χ3n) is 0.183. The Morgan fingerprint density at radius 3 is 0.917 bits per heavy atom. The lowest BCUT2D eigenvalue weighted by Crippen LogP contribution is -2.09. The molecule has 12 heavy (non-hydrogen) atoms. The molecule has 0 aromatic heterocycles. The molecule has 0 fully saturated rings. The molecule has 0 amide bonds. The van der Waals surface area contributed by atoms with Gasteiger partial charge in [-0.3, -0.25) is 0 Å². The lowest BCUT2D eigenvalue weighted by atomic mass is 10.7. The van der Waals surface area contributed by atoms with E-state index in [2.05, 4.69) is 26.2 Å². The van der Waals surface area contributed by atoms with Gasteiger partial charge in [0.05, 0.1) is 0 Å². The quantitative estimate of drug-likeness (QED) is 0.424. The van der Waals surface area contributed by atoms with Crippen molar-refractivity contribution >= 4 is 31.0 Å². The van der Waals surface area contributed by atoms with Crippen molar-refractivity contribution in [1.82, 2.24) is 0 Å². The third kappa shape index (κ3) is 57.7. The molecule has 0 saturated carbocycles. The van der Waals surface area contributed by atoms with E-state index in [1.165, 1.54) is 0 Å². The van der Waals surface area contributed by atoms with Gasteiger partial charge in [-0.25, -0.2) is 9.59 Å². The Balaban J connectivity index is -0.000000115. The Morgan fingerprint density at radius 2 is 0.917 bits per heavy atom. The van der Waals surface area contributed by atoms with Crippen molar-refractivity contribution in [2.45, 2.75) is 26.2 Å². The summed E-state index contributed by atoms with van der Waals surface area (Å²) in [5.74, 6) is -3.65. The molecule has 0 aliphatic carbocycles. The number of hydrogen-bond donors (Lipinski definition) is 2. The molecule has 0 bridgehead atoms. The molecular formula is C6H18O4Si2. The Hall–Kier alpha value is -0.626. The molecular weight excluding hydrogens is 192 g/mol. The smallest absolute Gasteiger partial charge is 0.414 e. The Labute approximate surface area is 77.6 Å². The molecule has 2 N–H and O–H groups in total. The average molecular weight is 210 g/mol. The summed E-state index contributed by atoms with van der Waals surface area (Å²) in [6, 6.07) is 0. The molecule has 0 saturated heterocycles. The SMILES string of the molecule is C[SiH2]C.C[SiH2]C.O=C(O)C(=O)O. The summed E-state index contributed by atoms with van der Waals surface area (Å²) in [6.07, 6.45) is 0. The first kappa shape index (κ1) is 17.5. The zero-order valence-corrected chi connectivity index (χ0v) is 11.0. The molecule has 0 aliphatic rings. The van der Waals surface area contributed by atoms with Gasteiger partial charge in [0.1, 0.15) is 0 Å². The normalized spacial score (nSPS) is 6.67. The fourth-order valence-electron chi connectivity index (χ4n) is 0. The van der Waals surface area contributed by atoms with E-state index in [-0.39, 0.29) is 0 Å². The maximum absolute atomic E-state index is 9.10. The van der Waals surface area contributed by atoms with Crippen molar-refractivity contribution in [2.75, 3.05) is 0 Å². The van der Waals surface area contributed by atoms with Crippen molar-refractivity contribution in [3.05, 3.63) is 0 Å². The van der Waals surface area contributed by atoms with Crippen LogP contribution in [0, 0.1) is 0 Å². The highest BCUT2D eigenvalue weighted by Crippen LogP contribution is 1.56. The molecule has 6 heteroatoms. The second-order valence-electron chi connectivity index (χ2n) is 2.02. The molecule has 0 radical (unpaired) electrons. The van der Waals surface area contributed by atoms with Crippen molar-refractivity contribution < 1.29 is 19.8 Å². The minimum Gasteiger partial charge on any atom is -0.473 e. The third-order valence-corrected chi connectivity index (χ3v) is 0.183. The van der Waals surface area contributed by atoms with E-state index in [0.29, 0.717) is 19.0 Å². The van der Waals surface area contributed by atoms with Crippen molar-refractivity contribution in [1.29, 1.82) is 0 Å². The average Bonchev–Trinajstić information content (AvgIpc) is 1.90. The molecule has 4 nitrogen and oxygen atoms in total. The Bertz CT molecular complexity index is 102. The maximum Gasteiger partial charge on any atom is 0.414 e. The molecule has 0 aromatic rings. The maximum atomic E-state index is 9.10. The van der Waals surface area contributed by atoms with Gasteiger partial charge >= 0.3 is 11.9 Å². The molecule has 0 aromatic carbocycles. The largest absolute Gasteiger partial charge is 0.473 e. The first-order valence-corrected chi connectivity index (χ1v) is 9.59. The van der Waals surface area contributed by atoms with E-state index in [1.54, 1.807) is 0 Å². The number of carbonyl (C=O) groups is 2. The Morgan fingerprint density at radius 1 is 0.833 bits per heavy atom. The molecule has 0 aliphatic heterocycles. The molecule has 0 unspecified atom stereocenters. The van der Waals surface area contributed by atoms with Gasteiger partial charge in [-0.2, -0.15) is 0 Å². The summed E-state index contributed by atoms with van der Waals surface area (Å²) < 4.78 is 0. The predicted molar refractivity (Wildman–Crippen MR) is 55.8 cm³/mol. The highest BCUT2D eigenvalue weighted by atomic mass is 28.2. The van der Waals surface area contributed by atoms with Gasteiger partial charge in [0.25, 0.3) is 0 Å².